The van der Waals surface area contributed by atoms with Crippen LogP contribution >= 0.6 is 0 Å². The molecule has 218 valence electrons. The van der Waals surface area contributed by atoms with E-state index in [2.05, 4.69) is 5.32 Å². The Bertz CT molecular complexity index is 1440. The van der Waals surface area contributed by atoms with Gasteiger partial charge in [0.2, 0.25) is 5.91 Å². The van der Waals surface area contributed by atoms with Gasteiger partial charge in [0.25, 0.3) is 5.91 Å². The van der Waals surface area contributed by atoms with Gasteiger partial charge in [0, 0.05) is 19.6 Å². The fourth-order valence-corrected chi connectivity index (χ4v) is 5.87. The Balaban J connectivity index is 1.29. The first-order chi connectivity index (χ1) is 20.5. The molecule has 1 N–H and O–H groups in total. The molecule has 3 aromatic carbocycles. The largest absolute Gasteiger partial charge is 0.486 e. The highest BCUT2D eigenvalue weighted by atomic mass is 16.6. The number of urea groups is 1. The van der Waals surface area contributed by atoms with Gasteiger partial charge in [0.05, 0.1) is 13.1 Å². The summed E-state index contributed by atoms with van der Waals surface area (Å²) in [5, 5.41) is 6.47. The van der Waals surface area contributed by atoms with E-state index < -0.39 is 12.2 Å². The van der Waals surface area contributed by atoms with Gasteiger partial charge in [-0.3, -0.25) is 14.6 Å². The number of rotatable bonds is 8. The standard InChI is InChI=1S/C32H35N5O5/c1-2-15-35(32(40)33-19-23-9-5-3-6-10-23)36-22-29(38)37-28(36)21-34(31(39)30(37)25-11-7-4-8-12-25)20-24-13-14-26-27(18-24)42-17-16-41-26/h3-14,18,28,30H,2,15-17,19-22H2,1H3,(H,33,40)/t28-,30+/m1/s1. The van der Waals surface area contributed by atoms with Crippen LogP contribution in [0.4, 0.5) is 4.79 Å². The number of hydrogen-bond donors (Lipinski definition) is 1. The quantitative estimate of drug-likeness (QED) is 0.446. The summed E-state index contributed by atoms with van der Waals surface area (Å²) in [5.74, 6) is 1.01. The molecule has 42 heavy (non-hydrogen) atoms. The number of hydrogen-bond acceptors (Lipinski definition) is 6. The van der Waals surface area contributed by atoms with Crippen molar-refractivity contribution in [2.24, 2.45) is 0 Å². The summed E-state index contributed by atoms with van der Waals surface area (Å²) >= 11 is 0. The number of ether oxygens (including phenoxy) is 2. The van der Waals surface area contributed by atoms with E-state index >= 15 is 0 Å². The van der Waals surface area contributed by atoms with Crippen molar-refractivity contribution in [1.29, 1.82) is 0 Å². The van der Waals surface area contributed by atoms with Crippen LogP contribution in [0.2, 0.25) is 0 Å². The van der Waals surface area contributed by atoms with Gasteiger partial charge in [-0.1, -0.05) is 73.7 Å². The lowest BCUT2D eigenvalue weighted by molar-refractivity contribution is -0.158. The van der Waals surface area contributed by atoms with Crippen LogP contribution in [0.1, 0.15) is 36.1 Å². The first-order valence-corrected chi connectivity index (χ1v) is 14.4. The van der Waals surface area contributed by atoms with Crippen LogP contribution in [-0.4, -0.2) is 76.7 Å². The van der Waals surface area contributed by atoms with Crippen LogP contribution in [0, 0.1) is 0 Å². The predicted molar refractivity (Wildman–Crippen MR) is 155 cm³/mol. The Morgan fingerprint density at radius 1 is 0.929 bits per heavy atom. The summed E-state index contributed by atoms with van der Waals surface area (Å²) in [6, 6.07) is 23.7. The number of hydrazine groups is 1. The summed E-state index contributed by atoms with van der Waals surface area (Å²) in [5.41, 5.74) is 2.62. The van der Waals surface area contributed by atoms with Crippen LogP contribution in [0.5, 0.6) is 11.5 Å². The minimum atomic E-state index is -0.796. The summed E-state index contributed by atoms with van der Waals surface area (Å²) in [6.45, 7) is 4.39. The molecule has 0 aromatic heterocycles. The van der Waals surface area contributed by atoms with Crippen LogP contribution < -0.4 is 14.8 Å². The number of nitrogens with zero attached hydrogens (tertiary/aromatic N) is 4. The third-order valence-electron chi connectivity index (χ3n) is 7.82. The van der Waals surface area contributed by atoms with E-state index in [0.29, 0.717) is 50.8 Å². The van der Waals surface area contributed by atoms with Crippen LogP contribution in [0.15, 0.2) is 78.9 Å². The number of carbonyl (C=O) groups excluding carboxylic acids is 3. The van der Waals surface area contributed by atoms with Gasteiger partial charge in [-0.15, -0.1) is 0 Å². The Hall–Kier alpha value is -4.57. The smallest absolute Gasteiger partial charge is 0.332 e. The molecule has 2 atom stereocenters. The van der Waals surface area contributed by atoms with Crippen LogP contribution in [0.3, 0.4) is 0 Å². The van der Waals surface area contributed by atoms with Crippen molar-refractivity contribution in [3.63, 3.8) is 0 Å². The van der Waals surface area contributed by atoms with E-state index in [0.717, 1.165) is 16.7 Å². The van der Waals surface area contributed by atoms with E-state index in [4.69, 9.17) is 9.47 Å². The zero-order valence-corrected chi connectivity index (χ0v) is 23.6. The first kappa shape index (κ1) is 27.6. The molecule has 0 bridgehead atoms. The number of piperazine rings is 1. The summed E-state index contributed by atoms with van der Waals surface area (Å²) in [7, 11) is 0. The Kier molecular flexibility index (Phi) is 7.96. The van der Waals surface area contributed by atoms with Crippen LogP contribution in [-0.2, 0) is 22.7 Å². The van der Waals surface area contributed by atoms with E-state index in [1.807, 2.05) is 90.8 Å². The molecule has 2 fully saturated rings. The van der Waals surface area contributed by atoms with Gasteiger partial charge in [-0.2, -0.15) is 5.01 Å². The third kappa shape index (κ3) is 5.49. The fourth-order valence-electron chi connectivity index (χ4n) is 5.87. The van der Waals surface area contributed by atoms with Gasteiger partial charge in [-0.05, 0) is 35.2 Å². The van der Waals surface area contributed by atoms with Crippen molar-refractivity contribution in [1.82, 2.24) is 25.1 Å². The minimum Gasteiger partial charge on any atom is -0.486 e. The lowest BCUT2D eigenvalue weighted by Gasteiger charge is -2.46. The maximum Gasteiger partial charge on any atom is 0.332 e. The molecule has 10 nitrogen and oxygen atoms in total. The minimum absolute atomic E-state index is 0.0118. The Morgan fingerprint density at radius 2 is 1.64 bits per heavy atom. The van der Waals surface area contributed by atoms with Crippen molar-refractivity contribution >= 4 is 17.8 Å². The lowest BCUT2D eigenvalue weighted by atomic mass is 10.00. The highest BCUT2D eigenvalue weighted by Crippen LogP contribution is 2.37. The zero-order valence-electron chi connectivity index (χ0n) is 23.6. The summed E-state index contributed by atoms with van der Waals surface area (Å²) < 4.78 is 11.4. The highest BCUT2D eigenvalue weighted by molar-refractivity contribution is 5.92. The molecule has 3 aliphatic heterocycles. The van der Waals surface area contributed by atoms with E-state index in [1.165, 1.54) is 0 Å². The topological polar surface area (TPSA) is 94.7 Å². The van der Waals surface area contributed by atoms with E-state index in [-0.39, 0.29) is 30.9 Å². The maximum atomic E-state index is 14.1. The van der Waals surface area contributed by atoms with Crippen molar-refractivity contribution in [3.05, 3.63) is 95.6 Å². The first-order valence-electron chi connectivity index (χ1n) is 14.4. The second kappa shape index (κ2) is 12.1. The molecule has 0 aliphatic carbocycles. The maximum absolute atomic E-state index is 14.1. The van der Waals surface area contributed by atoms with Gasteiger partial charge < -0.3 is 24.6 Å². The average Bonchev–Trinajstić information content (AvgIpc) is 3.34. The third-order valence-corrected chi connectivity index (χ3v) is 7.82. The lowest BCUT2D eigenvalue weighted by Crippen LogP contribution is -2.62. The predicted octanol–water partition coefficient (Wildman–Crippen LogP) is 3.55. The fraction of sp³-hybridized carbons (Fsp3) is 0.344. The molecule has 0 radical (unpaired) electrons. The molecule has 0 saturated carbocycles. The van der Waals surface area contributed by atoms with Gasteiger partial charge in [0.15, 0.2) is 11.5 Å². The zero-order chi connectivity index (χ0) is 29.1. The average molecular weight is 570 g/mol. The van der Waals surface area contributed by atoms with Crippen LogP contribution in [0.25, 0.3) is 0 Å². The van der Waals surface area contributed by atoms with Crippen molar-refractivity contribution in [2.45, 2.75) is 38.6 Å². The molecule has 2 saturated heterocycles. The SMILES string of the molecule is CCCN(C(=O)NCc1ccccc1)N1CC(=O)N2[C@@H](c3ccccc3)C(=O)N(Cc3ccc4c(c3)OCCO4)C[C@@H]21. The number of carbonyl (C=O) groups is 3. The highest BCUT2D eigenvalue weighted by Gasteiger charge is 2.52. The molecule has 3 aliphatic rings. The van der Waals surface area contributed by atoms with Gasteiger partial charge in [-0.25, -0.2) is 4.79 Å². The Labute approximate surface area is 245 Å². The second-order valence-electron chi connectivity index (χ2n) is 10.7. The molecular formula is C32H35N5O5. The van der Waals surface area contributed by atoms with E-state index in [1.54, 1.807) is 14.8 Å². The molecule has 6 rings (SSSR count). The number of amides is 4. The monoisotopic (exact) mass is 569 g/mol. The molecule has 10 heteroatoms. The normalized spacial score (nSPS) is 19.9. The second-order valence-corrected chi connectivity index (χ2v) is 10.7. The summed E-state index contributed by atoms with van der Waals surface area (Å²) in [4.78, 5) is 44.7. The van der Waals surface area contributed by atoms with Gasteiger partial charge in [0.1, 0.15) is 25.4 Å². The number of nitrogens with one attached hydrogen (secondary N) is 1. The molecule has 0 spiro atoms. The molecule has 3 aromatic rings. The number of benzene rings is 3. The number of fused-ring (bicyclic) bond motifs is 2. The van der Waals surface area contributed by atoms with Crippen molar-refractivity contribution in [2.75, 3.05) is 32.8 Å². The molecular weight excluding hydrogens is 534 g/mol. The molecule has 4 amide bonds. The Morgan fingerprint density at radius 3 is 2.38 bits per heavy atom. The van der Waals surface area contributed by atoms with Crippen molar-refractivity contribution in [3.8, 4) is 11.5 Å². The van der Waals surface area contributed by atoms with E-state index in [9.17, 15) is 14.4 Å². The summed E-state index contributed by atoms with van der Waals surface area (Å²) in [6.07, 6.45) is 0.199. The molecule has 3 heterocycles. The van der Waals surface area contributed by atoms with Crippen molar-refractivity contribution < 1.29 is 23.9 Å². The van der Waals surface area contributed by atoms with Gasteiger partial charge >= 0.3 is 6.03 Å². The molecule has 0 unspecified atom stereocenters.